The summed E-state index contributed by atoms with van der Waals surface area (Å²) >= 11 is 0. The van der Waals surface area contributed by atoms with Crippen molar-refractivity contribution >= 4 is 5.97 Å². The molecule has 0 saturated carbocycles. The number of aromatic hydroxyl groups is 1. The molecule has 3 rings (SSSR count). The molecule has 0 saturated heterocycles. The Morgan fingerprint density at radius 3 is 2.55 bits per heavy atom. The Hall–Kier alpha value is -1.97. The molecule has 3 atom stereocenters. The van der Waals surface area contributed by atoms with Gasteiger partial charge in [-0.05, 0) is 57.6 Å². The molecule has 2 N–H and O–H groups in total. The predicted octanol–water partition coefficient (Wildman–Crippen LogP) is 6.85. The van der Waals surface area contributed by atoms with Gasteiger partial charge in [0, 0.05) is 17.4 Å². The lowest BCUT2D eigenvalue weighted by molar-refractivity contribution is -0.00911. The van der Waals surface area contributed by atoms with Crippen LogP contribution in [0.2, 0.25) is 0 Å². The minimum atomic E-state index is -1.06. The molecule has 0 radical (unpaired) electrons. The van der Waals surface area contributed by atoms with Gasteiger partial charge < -0.3 is 14.9 Å². The van der Waals surface area contributed by atoms with Gasteiger partial charge in [0.15, 0.2) is 0 Å². The second-order valence-electron chi connectivity index (χ2n) is 8.39. The number of carbonyl (C=O) groups is 1. The molecular weight excluding hydrogens is 364 g/mol. The van der Waals surface area contributed by atoms with Crippen molar-refractivity contribution in [3.63, 3.8) is 0 Å². The number of benzene rings is 1. The van der Waals surface area contributed by atoms with E-state index in [-0.39, 0.29) is 28.7 Å². The van der Waals surface area contributed by atoms with Gasteiger partial charge in [-0.3, -0.25) is 0 Å². The van der Waals surface area contributed by atoms with Crippen LogP contribution in [0.4, 0.5) is 0 Å². The van der Waals surface area contributed by atoms with Crippen LogP contribution in [0.3, 0.4) is 0 Å². The molecule has 0 spiro atoms. The third kappa shape index (κ3) is 4.46. The number of allylic oxidation sites excluding steroid dienone is 2. The fraction of sp³-hybridized carbons (Fsp3) is 0.640. The van der Waals surface area contributed by atoms with Crippen LogP contribution < -0.4 is 4.74 Å². The van der Waals surface area contributed by atoms with Crippen molar-refractivity contribution in [3.05, 3.63) is 34.4 Å². The number of unbranched alkanes of at least 4 members (excludes halogenated alkanes) is 2. The Labute approximate surface area is 176 Å². The summed E-state index contributed by atoms with van der Waals surface area (Å²) < 4.78 is 6.45. The lowest BCUT2D eigenvalue weighted by Crippen LogP contribution is -2.47. The van der Waals surface area contributed by atoms with Gasteiger partial charge in [-0.1, -0.05) is 52.2 Å². The molecule has 162 valence electrons. The molecule has 1 heterocycles. The summed E-state index contributed by atoms with van der Waals surface area (Å²) in [7, 11) is 0. The van der Waals surface area contributed by atoms with E-state index < -0.39 is 5.97 Å². The number of fused-ring (bicyclic) bond motifs is 3. The Balaban J connectivity index is 0.00000145. The molecule has 29 heavy (non-hydrogen) atoms. The van der Waals surface area contributed by atoms with E-state index in [0.29, 0.717) is 23.3 Å². The maximum atomic E-state index is 12.0. The largest absolute Gasteiger partial charge is 0.507 e. The molecule has 2 aliphatic rings. The highest BCUT2D eigenvalue weighted by Gasteiger charge is 2.47. The zero-order valence-electron chi connectivity index (χ0n) is 19.0. The van der Waals surface area contributed by atoms with E-state index in [9.17, 15) is 15.0 Å². The van der Waals surface area contributed by atoms with Crippen LogP contribution in [0.15, 0.2) is 17.7 Å². The maximum Gasteiger partial charge on any atom is 0.339 e. The van der Waals surface area contributed by atoms with E-state index in [0.717, 1.165) is 38.5 Å². The lowest BCUT2D eigenvalue weighted by Gasteiger charge is -2.48. The van der Waals surface area contributed by atoms with Gasteiger partial charge >= 0.3 is 5.97 Å². The van der Waals surface area contributed by atoms with Crippen LogP contribution in [0.25, 0.3) is 0 Å². The Morgan fingerprint density at radius 1 is 1.28 bits per heavy atom. The topological polar surface area (TPSA) is 66.8 Å². The number of rotatable bonds is 6. The zero-order valence-corrected chi connectivity index (χ0v) is 19.0. The number of phenols is 1. The number of ether oxygens (including phenoxy) is 1. The number of carboxylic acids is 1. The third-order valence-corrected chi connectivity index (χ3v) is 6.56. The highest BCUT2D eigenvalue weighted by atomic mass is 16.5. The van der Waals surface area contributed by atoms with Gasteiger partial charge in [-0.25, -0.2) is 4.79 Å². The molecule has 0 fully saturated rings. The van der Waals surface area contributed by atoms with E-state index >= 15 is 0 Å². The number of hydrogen-bond acceptors (Lipinski definition) is 3. The number of aryl methyl sites for hydroxylation is 1. The summed E-state index contributed by atoms with van der Waals surface area (Å²) in [6.45, 7) is 12.5. The Kier molecular flexibility index (Phi) is 7.79. The third-order valence-electron chi connectivity index (χ3n) is 6.56. The summed E-state index contributed by atoms with van der Waals surface area (Å²) in [5.41, 5.74) is 2.41. The first-order valence-electron chi connectivity index (χ1n) is 11.3. The average molecular weight is 403 g/mol. The van der Waals surface area contributed by atoms with Crippen LogP contribution >= 0.6 is 0 Å². The maximum absolute atomic E-state index is 12.0. The lowest BCUT2D eigenvalue weighted by atomic mass is 9.66. The van der Waals surface area contributed by atoms with Crippen molar-refractivity contribution < 1.29 is 19.7 Å². The highest BCUT2D eigenvalue weighted by molar-refractivity contribution is 5.94. The quantitative estimate of drug-likeness (QED) is 0.403. The van der Waals surface area contributed by atoms with E-state index in [2.05, 4.69) is 33.8 Å². The smallest absolute Gasteiger partial charge is 0.339 e. The summed E-state index contributed by atoms with van der Waals surface area (Å²) in [5.74, 6) is -0.225. The van der Waals surface area contributed by atoms with Crippen molar-refractivity contribution in [2.24, 2.45) is 5.92 Å². The summed E-state index contributed by atoms with van der Waals surface area (Å²) in [6.07, 6.45) is 8.78. The molecule has 1 aromatic carbocycles. The standard InChI is InChI=1S/C23H32O4.C2H6/c1-5-7-8-9-15-13-18-20(21(24)19(15)22(25)26)16-12-14(3)10-11-17(16)23(4,6-2)27-18;1-2/h12-13,16-17,24H,5-11H2,1-4H3,(H,25,26);1-2H3. The van der Waals surface area contributed by atoms with Crippen molar-refractivity contribution in [3.8, 4) is 11.5 Å². The van der Waals surface area contributed by atoms with Crippen LogP contribution in [0.1, 0.15) is 107 Å². The molecule has 4 heteroatoms. The van der Waals surface area contributed by atoms with Crippen molar-refractivity contribution in [2.75, 3.05) is 0 Å². The van der Waals surface area contributed by atoms with Gasteiger partial charge in [0.1, 0.15) is 22.7 Å². The summed E-state index contributed by atoms with van der Waals surface area (Å²) in [6, 6.07) is 1.88. The van der Waals surface area contributed by atoms with E-state index in [1.165, 1.54) is 5.57 Å². The second-order valence-corrected chi connectivity index (χ2v) is 8.39. The number of hydrogen-bond donors (Lipinski definition) is 2. The van der Waals surface area contributed by atoms with Gasteiger partial charge in [-0.2, -0.15) is 0 Å². The minimum Gasteiger partial charge on any atom is -0.507 e. The monoisotopic (exact) mass is 402 g/mol. The molecular formula is C25H38O4. The van der Waals surface area contributed by atoms with Crippen LogP contribution in [-0.4, -0.2) is 21.8 Å². The highest BCUT2D eigenvalue weighted by Crippen LogP contribution is 2.55. The normalized spacial score (nSPS) is 25.0. The molecule has 1 aliphatic carbocycles. The number of carboxylic acid groups (broad SMARTS) is 1. The summed E-state index contributed by atoms with van der Waals surface area (Å²) in [4.78, 5) is 12.0. The fourth-order valence-corrected chi connectivity index (χ4v) is 4.82. The van der Waals surface area contributed by atoms with Gasteiger partial charge in [0.05, 0.1) is 0 Å². The summed E-state index contributed by atoms with van der Waals surface area (Å²) in [5, 5.41) is 20.8. The molecule has 3 unspecified atom stereocenters. The van der Waals surface area contributed by atoms with E-state index in [1.807, 2.05) is 19.9 Å². The second kappa shape index (κ2) is 9.69. The molecule has 0 bridgehead atoms. The molecule has 4 nitrogen and oxygen atoms in total. The Morgan fingerprint density at radius 2 is 1.97 bits per heavy atom. The number of aromatic carboxylic acids is 1. The van der Waals surface area contributed by atoms with E-state index in [1.54, 1.807) is 0 Å². The van der Waals surface area contributed by atoms with Gasteiger partial charge in [0.25, 0.3) is 0 Å². The average Bonchev–Trinajstić information content (AvgIpc) is 2.69. The van der Waals surface area contributed by atoms with Crippen LogP contribution in [0, 0.1) is 5.92 Å². The molecule has 0 aromatic heterocycles. The van der Waals surface area contributed by atoms with Crippen molar-refractivity contribution in [2.45, 2.75) is 98.0 Å². The fourth-order valence-electron chi connectivity index (χ4n) is 4.82. The first kappa shape index (κ1) is 23.3. The predicted molar refractivity (Wildman–Crippen MR) is 118 cm³/mol. The van der Waals surface area contributed by atoms with E-state index in [4.69, 9.17) is 4.74 Å². The van der Waals surface area contributed by atoms with Gasteiger partial charge in [0.2, 0.25) is 0 Å². The van der Waals surface area contributed by atoms with Crippen molar-refractivity contribution in [1.29, 1.82) is 0 Å². The SMILES string of the molecule is CC.CCCCCc1cc2c(c(O)c1C(=O)O)C1C=C(C)CCC1C(C)(CC)O2. The van der Waals surface area contributed by atoms with Crippen molar-refractivity contribution in [1.82, 2.24) is 0 Å². The van der Waals surface area contributed by atoms with Crippen LogP contribution in [0.5, 0.6) is 11.5 Å². The first-order chi connectivity index (χ1) is 13.8. The van der Waals surface area contributed by atoms with Gasteiger partial charge in [-0.15, -0.1) is 0 Å². The zero-order chi connectivity index (χ0) is 21.8. The first-order valence-corrected chi connectivity index (χ1v) is 11.3. The Bertz CT molecular complexity index is 765. The molecule has 0 amide bonds. The minimum absolute atomic E-state index is 0.00948. The molecule has 1 aliphatic heterocycles. The van der Waals surface area contributed by atoms with Crippen LogP contribution in [-0.2, 0) is 6.42 Å². The molecule has 1 aromatic rings.